The van der Waals surface area contributed by atoms with Crippen molar-refractivity contribution in [2.24, 2.45) is 0 Å². The maximum absolute atomic E-state index is 13.0. The Bertz CT molecular complexity index is 975. The average molecular weight is 390 g/mol. The number of ether oxygens (including phenoxy) is 1. The lowest BCUT2D eigenvalue weighted by molar-refractivity contribution is 0.0779. The van der Waals surface area contributed by atoms with Gasteiger partial charge in [-0.15, -0.1) is 0 Å². The molecule has 3 aromatic rings. The minimum absolute atomic E-state index is 0.0763. The summed E-state index contributed by atoms with van der Waals surface area (Å²) in [6.07, 6.45) is 0. The summed E-state index contributed by atoms with van der Waals surface area (Å²) in [7, 11) is 1.82. The fourth-order valence-corrected chi connectivity index (χ4v) is 3.59. The van der Waals surface area contributed by atoms with E-state index in [1.807, 2.05) is 56.4 Å². The van der Waals surface area contributed by atoms with Gasteiger partial charge in [-0.3, -0.25) is 9.89 Å². The Labute approximate surface area is 171 Å². The number of carbonyl (C=O) groups is 1. The molecule has 6 heteroatoms. The van der Waals surface area contributed by atoms with E-state index in [2.05, 4.69) is 27.2 Å². The number of amides is 1. The SMILES string of the molecule is Cc1ccc(-c2cc(C(=O)N(C)Cc3ccccc3N3CCOCC3)[nH]n2)cc1. The normalized spacial score (nSPS) is 14.1. The zero-order valence-electron chi connectivity index (χ0n) is 16.9. The first kappa shape index (κ1) is 19.2. The second-order valence-electron chi connectivity index (χ2n) is 7.42. The van der Waals surface area contributed by atoms with E-state index in [0.717, 1.165) is 43.1 Å². The molecule has 6 nitrogen and oxygen atoms in total. The Morgan fingerprint density at radius 1 is 1.14 bits per heavy atom. The van der Waals surface area contributed by atoms with Crippen molar-refractivity contribution in [3.8, 4) is 11.3 Å². The summed E-state index contributed by atoms with van der Waals surface area (Å²) in [6, 6.07) is 18.2. The van der Waals surface area contributed by atoms with Crippen molar-refractivity contribution >= 4 is 11.6 Å². The zero-order chi connectivity index (χ0) is 20.2. The lowest BCUT2D eigenvalue weighted by Gasteiger charge is -2.31. The van der Waals surface area contributed by atoms with Gasteiger partial charge in [-0.25, -0.2) is 0 Å². The summed E-state index contributed by atoms with van der Waals surface area (Å²) in [4.78, 5) is 17.0. The van der Waals surface area contributed by atoms with Crippen molar-refractivity contribution in [1.82, 2.24) is 15.1 Å². The number of aromatic nitrogens is 2. The molecule has 1 fully saturated rings. The van der Waals surface area contributed by atoms with Crippen LogP contribution in [0.1, 0.15) is 21.6 Å². The molecule has 4 rings (SSSR count). The van der Waals surface area contributed by atoms with Crippen LogP contribution in [0.3, 0.4) is 0 Å². The molecule has 29 heavy (non-hydrogen) atoms. The standard InChI is InChI=1S/C23H26N4O2/c1-17-7-9-18(10-8-17)20-15-21(25-24-20)23(28)26(2)16-19-5-3-4-6-22(19)27-11-13-29-14-12-27/h3-10,15H,11-14,16H2,1-2H3,(H,24,25). The molecule has 1 aromatic heterocycles. The number of aryl methyl sites for hydroxylation is 1. The quantitative estimate of drug-likeness (QED) is 0.724. The van der Waals surface area contributed by atoms with E-state index in [-0.39, 0.29) is 5.91 Å². The molecule has 2 aromatic carbocycles. The zero-order valence-corrected chi connectivity index (χ0v) is 16.9. The first-order valence-corrected chi connectivity index (χ1v) is 9.90. The van der Waals surface area contributed by atoms with Gasteiger partial charge in [0.1, 0.15) is 5.69 Å². The molecule has 0 radical (unpaired) electrons. The number of hydrogen-bond donors (Lipinski definition) is 1. The number of benzene rings is 2. The second-order valence-corrected chi connectivity index (χ2v) is 7.42. The molecule has 0 aliphatic carbocycles. The fraction of sp³-hybridized carbons (Fsp3) is 0.304. The number of rotatable bonds is 5. The van der Waals surface area contributed by atoms with Crippen molar-refractivity contribution in [1.29, 1.82) is 0 Å². The molecule has 1 aliphatic rings. The number of nitrogens with one attached hydrogen (secondary N) is 1. The summed E-state index contributed by atoms with van der Waals surface area (Å²) in [5.41, 5.74) is 5.75. The Balaban J connectivity index is 1.49. The van der Waals surface area contributed by atoms with Gasteiger partial charge in [-0.05, 0) is 24.6 Å². The van der Waals surface area contributed by atoms with Crippen LogP contribution in [-0.4, -0.2) is 54.4 Å². The van der Waals surface area contributed by atoms with Crippen LogP contribution in [0, 0.1) is 6.92 Å². The minimum Gasteiger partial charge on any atom is -0.378 e. The molecular formula is C23H26N4O2. The van der Waals surface area contributed by atoms with Crippen LogP contribution < -0.4 is 4.90 Å². The van der Waals surface area contributed by atoms with E-state index in [9.17, 15) is 4.79 Å². The maximum atomic E-state index is 13.0. The van der Waals surface area contributed by atoms with Gasteiger partial charge in [0.05, 0.1) is 18.9 Å². The number of carbonyl (C=O) groups excluding carboxylic acids is 1. The lowest BCUT2D eigenvalue weighted by atomic mass is 10.1. The highest BCUT2D eigenvalue weighted by Gasteiger charge is 2.19. The summed E-state index contributed by atoms with van der Waals surface area (Å²) in [5, 5.41) is 7.22. The van der Waals surface area contributed by atoms with Gasteiger partial charge in [-0.2, -0.15) is 5.10 Å². The van der Waals surface area contributed by atoms with E-state index in [1.54, 1.807) is 4.90 Å². The molecule has 150 valence electrons. The van der Waals surface area contributed by atoms with Gasteiger partial charge >= 0.3 is 0 Å². The summed E-state index contributed by atoms with van der Waals surface area (Å²) >= 11 is 0. The number of anilines is 1. The van der Waals surface area contributed by atoms with Gasteiger partial charge < -0.3 is 14.5 Å². The molecular weight excluding hydrogens is 364 g/mol. The van der Waals surface area contributed by atoms with Crippen molar-refractivity contribution in [3.05, 3.63) is 71.4 Å². The molecule has 2 heterocycles. The molecule has 1 N–H and O–H groups in total. The molecule has 0 saturated carbocycles. The number of para-hydroxylation sites is 1. The van der Waals surface area contributed by atoms with Crippen LogP contribution in [0.5, 0.6) is 0 Å². The number of hydrogen-bond acceptors (Lipinski definition) is 4. The predicted octanol–water partition coefficient (Wildman–Crippen LogP) is 3.49. The van der Waals surface area contributed by atoms with Crippen LogP contribution in [0.25, 0.3) is 11.3 Å². The third-order valence-corrected chi connectivity index (χ3v) is 5.25. The van der Waals surface area contributed by atoms with Crippen molar-refractivity contribution in [2.45, 2.75) is 13.5 Å². The van der Waals surface area contributed by atoms with Crippen LogP contribution in [0.2, 0.25) is 0 Å². The average Bonchev–Trinajstić information content (AvgIpc) is 3.25. The predicted molar refractivity (Wildman–Crippen MR) is 114 cm³/mol. The topological polar surface area (TPSA) is 61.5 Å². The summed E-state index contributed by atoms with van der Waals surface area (Å²) in [5.74, 6) is -0.0763. The fourth-order valence-electron chi connectivity index (χ4n) is 3.59. The van der Waals surface area contributed by atoms with Crippen LogP contribution in [0.15, 0.2) is 54.6 Å². The Hall–Kier alpha value is -3.12. The molecule has 1 aliphatic heterocycles. The van der Waals surface area contributed by atoms with Gasteiger partial charge in [0.15, 0.2) is 0 Å². The lowest BCUT2D eigenvalue weighted by Crippen LogP contribution is -2.37. The van der Waals surface area contributed by atoms with E-state index in [1.165, 1.54) is 11.3 Å². The Morgan fingerprint density at radius 3 is 2.62 bits per heavy atom. The Morgan fingerprint density at radius 2 is 1.86 bits per heavy atom. The number of H-pyrrole nitrogens is 1. The van der Waals surface area contributed by atoms with Gasteiger partial charge in [-0.1, -0.05) is 48.0 Å². The molecule has 0 spiro atoms. The van der Waals surface area contributed by atoms with E-state index < -0.39 is 0 Å². The van der Waals surface area contributed by atoms with Crippen LogP contribution in [0.4, 0.5) is 5.69 Å². The highest BCUT2D eigenvalue weighted by atomic mass is 16.5. The third kappa shape index (κ3) is 4.32. The van der Waals surface area contributed by atoms with E-state index in [0.29, 0.717) is 12.2 Å². The van der Waals surface area contributed by atoms with Crippen molar-refractivity contribution in [3.63, 3.8) is 0 Å². The maximum Gasteiger partial charge on any atom is 0.271 e. The number of aromatic amines is 1. The van der Waals surface area contributed by atoms with Crippen LogP contribution >= 0.6 is 0 Å². The van der Waals surface area contributed by atoms with Crippen molar-refractivity contribution < 1.29 is 9.53 Å². The monoisotopic (exact) mass is 390 g/mol. The van der Waals surface area contributed by atoms with Crippen molar-refractivity contribution in [2.75, 3.05) is 38.3 Å². The molecule has 1 amide bonds. The second kappa shape index (κ2) is 8.49. The summed E-state index contributed by atoms with van der Waals surface area (Å²) < 4.78 is 5.47. The molecule has 0 unspecified atom stereocenters. The smallest absolute Gasteiger partial charge is 0.271 e. The first-order valence-electron chi connectivity index (χ1n) is 9.90. The Kier molecular flexibility index (Phi) is 5.62. The minimum atomic E-state index is -0.0763. The molecule has 0 bridgehead atoms. The van der Waals surface area contributed by atoms with Gasteiger partial charge in [0, 0.05) is 37.9 Å². The van der Waals surface area contributed by atoms with E-state index >= 15 is 0 Å². The number of morpholine rings is 1. The van der Waals surface area contributed by atoms with Gasteiger partial charge in [0.25, 0.3) is 5.91 Å². The largest absolute Gasteiger partial charge is 0.378 e. The van der Waals surface area contributed by atoms with Crippen LogP contribution in [-0.2, 0) is 11.3 Å². The molecule has 1 saturated heterocycles. The van der Waals surface area contributed by atoms with E-state index in [4.69, 9.17) is 4.74 Å². The number of nitrogens with zero attached hydrogens (tertiary/aromatic N) is 3. The van der Waals surface area contributed by atoms with Gasteiger partial charge in [0.2, 0.25) is 0 Å². The summed E-state index contributed by atoms with van der Waals surface area (Å²) in [6.45, 7) is 5.79. The molecule has 0 atom stereocenters. The highest BCUT2D eigenvalue weighted by molar-refractivity contribution is 5.93. The highest BCUT2D eigenvalue weighted by Crippen LogP contribution is 2.24. The third-order valence-electron chi connectivity index (χ3n) is 5.25. The first-order chi connectivity index (χ1) is 14.1.